The Balaban J connectivity index is 1.98. The van der Waals surface area contributed by atoms with Crippen molar-refractivity contribution in [2.24, 2.45) is 0 Å². The molecule has 0 spiro atoms. The van der Waals surface area contributed by atoms with E-state index >= 15 is 0 Å². The van der Waals surface area contributed by atoms with Crippen LogP contribution in [0.4, 0.5) is 0 Å². The number of rotatable bonds is 6. The number of nitrogens with zero attached hydrogens (tertiary/aromatic N) is 4. The number of aromatic nitrogens is 4. The molecule has 1 fully saturated rings. The molecule has 11 nitrogen and oxygen atoms in total. The zero-order valence-corrected chi connectivity index (χ0v) is 15.5. The van der Waals surface area contributed by atoms with E-state index in [1.807, 2.05) is 0 Å². The highest BCUT2D eigenvalue weighted by atomic mass is 31.2. The van der Waals surface area contributed by atoms with E-state index in [1.54, 1.807) is 0 Å². The Labute approximate surface area is 154 Å². The summed E-state index contributed by atoms with van der Waals surface area (Å²) in [5.74, 6) is 2.35. The maximum absolute atomic E-state index is 12.4. The largest absolute Gasteiger partial charge is 0.386 e. The van der Waals surface area contributed by atoms with Gasteiger partial charge in [0, 0.05) is 13.8 Å². The van der Waals surface area contributed by atoms with E-state index in [1.165, 1.54) is 28.9 Å². The van der Waals surface area contributed by atoms with Crippen molar-refractivity contribution in [1.29, 1.82) is 0 Å². The zero-order chi connectivity index (χ0) is 19.8. The van der Waals surface area contributed by atoms with E-state index in [4.69, 9.17) is 20.4 Å². The van der Waals surface area contributed by atoms with Crippen LogP contribution in [0.5, 0.6) is 0 Å². The van der Waals surface area contributed by atoms with E-state index in [0.29, 0.717) is 0 Å². The lowest BCUT2D eigenvalue weighted by Gasteiger charge is -2.21. The molecule has 5 atom stereocenters. The van der Waals surface area contributed by atoms with Gasteiger partial charge in [-0.05, 0) is 0 Å². The summed E-state index contributed by atoms with van der Waals surface area (Å²) in [7, 11) is -2.47. The van der Waals surface area contributed by atoms with Crippen LogP contribution in [0, 0.1) is 12.3 Å². The summed E-state index contributed by atoms with van der Waals surface area (Å²) in [6.45, 7) is 1.08. The van der Waals surface area contributed by atoms with Crippen LogP contribution in [-0.2, 0) is 25.1 Å². The number of hydrogen-bond acceptors (Lipinski definition) is 8. The number of hydrogen-bond donors (Lipinski definition) is 2. The Bertz CT molecular complexity index is 975. The van der Waals surface area contributed by atoms with Gasteiger partial charge in [0.05, 0.1) is 19.5 Å². The van der Waals surface area contributed by atoms with Gasteiger partial charge in [-0.2, -0.15) is 0 Å². The van der Waals surface area contributed by atoms with Crippen molar-refractivity contribution in [3.8, 4) is 12.3 Å². The topological polar surface area (TPSA) is 138 Å². The average Bonchev–Trinajstić information content (AvgIpc) is 3.13. The van der Waals surface area contributed by atoms with Crippen LogP contribution in [0.3, 0.4) is 0 Å². The molecule has 1 saturated heterocycles. The highest BCUT2D eigenvalue weighted by Crippen LogP contribution is 2.44. The quantitative estimate of drug-likeness (QED) is 0.479. The number of aliphatic hydroxyl groups is 1. The van der Waals surface area contributed by atoms with E-state index in [-0.39, 0.29) is 24.3 Å². The lowest BCUT2D eigenvalue weighted by atomic mass is 10.1. The second kappa shape index (κ2) is 7.52. The minimum Gasteiger partial charge on any atom is -0.386 e. The predicted molar refractivity (Wildman–Crippen MR) is 93.0 cm³/mol. The number of methoxy groups -OCH3 is 1. The minimum atomic E-state index is -3.90. The Morgan fingerprint density at radius 1 is 1.44 bits per heavy atom. The van der Waals surface area contributed by atoms with Crippen molar-refractivity contribution in [1.82, 2.24) is 19.1 Å². The molecule has 1 aliphatic rings. The van der Waals surface area contributed by atoms with Gasteiger partial charge in [-0.25, -0.2) is 9.97 Å². The summed E-state index contributed by atoms with van der Waals surface area (Å²) in [5.41, 5.74) is -0.198. The summed E-state index contributed by atoms with van der Waals surface area (Å²) < 4.78 is 30.1. The maximum atomic E-state index is 12.4. The molecule has 2 aromatic rings. The van der Waals surface area contributed by atoms with Crippen LogP contribution >= 0.6 is 7.60 Å². The fraction of sp³-hybridized carbons (Fsp3) is 0.533. The molecule has 0 aromatic carbocycles. The fourth-order valence-corrected chi connectivity index (χ4v) is 3.66. The number of terminal acetylenes is 1. The first-order valence-corrected chi connectivity index (χ1v) is 9.96. The van der Waals surface area contributed by atoms with Gasteiger partial charge < -0.3 is 19.5 Å². The zero-order valence-electron chi connectivity index (χ0n) is 14.6. The molecule has 2 N–H and O–H groups in total. The van der Waals surface area contributed by atoms with Crippen LogP contribution in [0.1, 0.15) is 6.23 Å². The van der Waals surface area contributed by atoms with Gasteiger partial charge in [-0.1, -0.05) is 5.92 Å². The number of imidazole rings is 1. The van der Waals surface area contributed by atoms with E-state index in [2.05, 4.69) is 15.9 Å². The van der Waals surface area contributed by atoms with Crippen LogP contribution in [0.2, 0.25) is 0 Å². The van der Waals surface area contributed by atoms with Crippen LogP contribution in [-0.4, -0.2) is 67.8 Å². The Kier molecular flexibility index (Phi) is 5.48. The van der Waals surface area contributed by atoms with Crippen LogP contribution in [0.15, 0.2) is 17.4 Å². The normalized spacial score (nSPS) is 27.5. The van der Waals surface area contributed by atoms with Gasteiger partial charge in [-0.3, -0.25) is 23.0 Å². The molecule has 0 saturated carbocycles. The Morgan fingerprint density at radius 3 is 2.81 bits per heavy atom. The van der Waals surface area contributed by atoms with Crippen molar-refractivity contribution in [2.45, 2.75) is 31.1 Å². The van der Waals surface area contributed by atoms with Crippen molar-refractivity contribution in [3.63, 3.8) is 0 Å². The molecule has 0 bridgehead atoms. The van der Waals surface area contributed by atoms with E-state index < -0.39 is 37.7 Å². The first kappa shape index (κ1) is 19.7. The van der Waals surface area contributed by atoms with Gasteiger partial charge in [0.25, 0.3) is 5.56 Å². The van der Waals surface area contributed by atoms with Crippen molar-refractivity contribution >= 4 is 18.8 Å². The van der Waals surface area contributed by atoms with Gasteiger partial charge in [-0.15, -0.1) is 6.42 Å². The third kappa shape index (κ3) is 3.82. The first-order valence-electron chi connectivity index (χ1n) is 7.93. The van der Waals surface area contributed by atoms with E-state index in [9.17, 15) is 19.4 Å². The van der Waals surface area contributed by atoms with Crippen molar-refractivity contribution in [2.75, 3.05) is 20.4 Å². The summed E-state index contributed by atoms with van der Waals surface area (Å²) in [4.78, 5) is 30.1. The molecular formula is C15H19N4O7P. The molecule has 0 radical (unpaired) electrons. The van der Waals surface area contributed by atoms with Gasteiger partial charge in [0.15, 0.2) is 17.4 Å². The first-order chi connectivity index (χ1) is 12.8. The van der Waals surface area contributed by atoms with Crippen LogP contribution in [0.25, 0.3) is 11.2 Å². The molecule has 146 valence electrons. The molecule has 0 aliphatic carbocycles. The lowest BCUT2D eigenvalue weighted by Crippen LogP contribution is -2.35. The standard InChI is InChI=1S/C15H19N4O7P/c1-4-5-18-7-17-13-10(14(18)21)16-8-19(13)15-11(20)12(26-27(3,22)23)9(25-15)6-24-2/h1,7-9,11-12,15,20H,5-6H2,2-3H3,(H,22,23)/t9-,11-,12-,15-/m1/s1. The second-order valence-corrected chi connectivity index (χ2v) is 7.91. The molecular weight excluding hydrogens is 379 g/mol. The average molecular weight is 398 g/mol. The Hall–Kier alpha value is -2.06. The fourth-order valence-electron chi connectivity index (χ4n) is 2.95. The summed E-state index contributed by atoms with van der Waals surface area (Å²) in [6.07, 6.45) is 3.51. The smallest absolute Gasteiger partial charge is 0.325 e. The van der Waals surface area contributed by atoms with Gasteiger partial charge >= 0.3 is 7.60 Å². The monoisotopic (exact) mass is 398 g/mol. The number of ether oxygens (including phenoxy) is 2. The maximum Gasteiger partial charge on any atom is 0.325 e. The van der Waals surface area contributed by atoms with E-state index in [0.717, 1.165) is 6.66 Å². The third-order valence-corrected chi connectivity index (χ3v) is 4.68. The van der Waals surface area contributed by atoms with Crippen molar-refractivity contribution < 1.29 is 28.6 Å². The molecule has 3 heterocycles. The van der Waals surface area contributed by atoms with Crippen LogP contribution < -0.4 is 5.56 Å². The molecule has 1 unspecified atom stereocenters. The summed E-state index contributed by atoms with van der Waals surface area (Å²) >= 11 is 0. The number of fused-ring (bicyclic) bond motifs is 1. The van der Waals surface area contributed by atoms with Gasteiger partial charge in [0.2, 0.25) is 0 Å². The molecule has 12 heteroatoms. The SMILES string of the molecule is C#CCn1cnc2c(ncn2[C@@H]2O[C@H](COC)[C@@H](OP(C)(=O)O)[C@H]2O)c1=O. The third-order valence-electron chi connectivity index (χ3n) is 4.04. The summed E-state index contributed by atoms with van der Waals surface area (Å²) in [5, 5.41) is 10.6. The predicted octanol–water partition coefficient (Wildman–Crippen LogP) is -0.669. The van der Waals surface area contributed by atoms with Gasteiger partial charge in [0.1, 0.15) is 24.6 Å². The summed E-state index contributed by atoms with van der Waals surface area (Å²) in [6, 6.07) is 0. The molecule has 27 heavy (non-hydrogen) atoms. The highest BCUT2D eigenvalue weighted by Gasteiger charge is 2.48. The lowest BCUT2D eigenvalue weighted by molar-refractivity contribution is -0.0571. The minimum absolute atomic E-state index is 0.0211. The molecule has 2 aromatic heterocycles. The number of aliphatic hydroxyl groups excluding tert-OH is 1. The Morgan fingerprint density at radius 2 is 2.19 bits per heavy atom. The molecule has 1 aliphatic heterocycles. The highest BCUT2D eigenvalue weighted by molar-refractivity contribution is 7.51. The second-order valence-electron chi connectivity index (χ2n) is 6.09. The molecule has 3 rings (SSSR count). The van der Waals surface area contributed by atoms with Crippen molar-refractivity contribution in [3.05, 3.63) is 23.0 Å². The molecule has 0 amide bonds.